The molecule has 0 saturated heterocycles. The van der Waals surface area contributed by atoms with Gasteiger partial charge in [0, 0.05) is 23.8 Å². The number of para-hydroxylation sites is 1. The van der Waals surface area contributed by atoms with Gasteiger partial charge < -0.3 is 5.73 Å². The van der Waals surface area contributed by atoms with Crippen LogP contribution >= 0.6 is 0 Å². The fourth-order valence-corrected chi connectivity index (χ4v) is 2.76. The molecule has 4 heteroatoms. The minimum Gasteiger partial charge on any atom is -0.398 e. The van der Waals surface area contributed by atoms with E-state index in [2.05, 4.69) is 4.98 Å². The summed E-state index contributed by atoms with van der Waals surface area (Å²) in [5, 5.41) is 0. The van der Waals surface area contributed by atoms with Crippen LogP contribution < -0.4 is 5.73 Å². The Morgan fingerprint density at radius 3 is 2.71 bits per heavy atom. The van der Waals surface area contributed by atoms with Crippen molar-refractivity contribution in [3.63, 3.8) is 0 Å². The van der Waals surface area contributed by atoms with Crippen LogP contribution in [-0.2, 0) is 17.2 Å². The van der Waals surface area contributed by atoms with Crippen LogP contribution in [0.5, 0.6) is 0 Å². The summed E-state index contributed by atoms with van der Waals surface area (Å²) in [6, 6.07) is 11.2. The van der Waals surface area contributed by atoms with Crippen LogP contribution in [0.25, 0.3) is 0 Å². The van der Waals surface area contributed by atoms with Crippen LogP contribution in [0.3, 0.4) is 0 Å². The first-order chi connectivity index (χ1) is 8.27. The molecule has 1 heterocycles. The van der Waals surface area contributed by atoms with Crippen molar-refractivity contribution in [2.75, 3.05) is 11.5 Å². The van der Waals surface area contributed by atoms with Gasteiger partial charge in [-0.2, -0.15) is 0 Å². The summed E-state index contributed by atoms with van der Waals surface area (Å²) in [6.45, 7) is 0. The van der Waals surface area contributed by atoms with E-state index in [1.165, 1.54) is 0 Å². The zero-order chi connectivity index (χ0) is 12.1. The van der Waals surface area contributed by atoms with Crippen LogP contribution in [-0.4, -0.2) is 14.9 Å². The van der Waals surface area contributed by atoms with Crippen molar-refractivity contribution in [1.29, 1.82) is 0 Å². The lowest BCUT2D eigenvalue weighted by molar-refractivity contribution is 0.682. The average molecular weight is 246 g/mol. The molecule has 17 heavy (non-hydrogen) atoms. The molecule has 0 bridgehead atoms. The molecule has 1 atom stereocenters. The summed E-state index contributed by atoms with van der Waals surface area (Å²) in [6.07, 6.45) is 4.27. The third kappa shape index (κ3) is 3.14. The van der Waals surface area contributed by atoms with Crippen molar-refractivity contribution in [2.45, 2.75) is 11.3 Å². The number of nitrogens with zero attached hydrogens (tertiary/aromatic N) is 1. The van der Waals surface area contributed by atoms with Crippen LogP contribution in [0.15, 0.2) is 53.7 Å². The van der Waals surface area contributed by atoms with Gasteiger partial charge in [0.15, 0.2) is 0 Å². The van der Waals surface area contributed by atoms with Crippen LogP contribution in [0.4, 0.5) is 5.69 Å². The number of pyridine rings is 1. The Balaban J connectivity index is 2.01. The molecule has 0 saturated carbocycles. The number of rotatable bonds is 4. The highest BCUT2D eigenvalue weighted by atomic mass is 32.2. The van der Waals surface area contributed by atoms with Gasteiger partial charge in [0.2, 0.25) is 0 Å². The summed E-state index contributed by atoms with van der Waals surface area (Å²) >= 11 is 0. The molecule has 3 nitrogen and oxygen atoms in total. The number of anilines is 1. The van der Waals surface area contributed by atoms with Gasteiger partial charge in [0.25, 0.3) is 0 Å². The number of aromatic nitrogens is 1. The predicted octanol–water partition coefficient (Wildman–Crippen LogP) is 2.01. The van der Waals surface area contributed by atoms with Crippen LogP contribution in [0, 0.1) is 0 Å². The van der Waals surface area contributed by atoms with E-state index < -0.39 is 10.8 Å². The Bertz CT molecular complexity index is 514. The lowest BCUT2D eigenvalue weighted by atomic mass is 10.2. The molecule has 1 aromatic heterocycles. The van der Waals surface area contributed by atoms with E-state index in [4.69, 9.17) is 5.73 Å². The highest BCUT2D eigenvalue weighted by molar-refractivity contribution is 7.85. The minimum absolute atomic E-state index is 0.569. The van der Waals surface area contributed by atoms with Crippen molar-refractivity contribution in [3.8, 4) is 0 Å². The molecule has 2 aromatic rings. The first-order valence-electron chi connectivity index (χ1n) is 5.39. The number of nitrogens with two attached hydrogens (primary N) is 1. The van der Waals surface area contributed by atoms with E-state index in [-0.39, 0.29) is 0 Å². The molecule has 0 fully saturated rings. The molecule has 0 aliphatic heterocycles. The predicted molar refractivity (Wildman–Crippen MR) is 70.1 cm³/mol. The second-order valence-corrected chi connectivity index (χ2v) is 5.24. The SMILES string of the molecule is Nc1ccccc1S(=O)CCc1cccnc1. The molecule has 2 rings (SSSR count). The van der Waals surface area contributed by atoms with Crippen molar-refractivity contribution in [3.05, 3.63) is 54.4 Å². The van der Waals surface area contributed by atoms with E-state index in [0.29, 0.717) is 11.4 Å². The van der Waals surface area contributed by atoms with Crippen molar-refractivity contribution >= 4 is 16.5 Å². The Hall–Kier alpha value is -1.68. The summed E-state index contributed by atoms with van der Waals surface area (Å²) < 4.78 is 12.0. The number of hydrogen-bond donors (Lipinski definition) is 1. The van der Waals surface area contributed by atoms with Gasteiger partial charge in [0.05, 0.1) is 15.7 Å². The first kappa shape index (κ1) is 11.8. The fraction of sp³-hybridized carbons (Fsp3) is 0.154. The van der Waals surface area contributed by atoms with E-state index in [1.807, 2.05) is 30.3 Å². The Morgan fingerprint density at radius 2 is 2.00 bits per heavy atom. The van der Waals surface area contributed by atoms with Gasteiger partial charge in [-0.05, 0) is 30.2 Å². The molecule has 2 N–H and O–H groups in total. The molecule has 1 unspecified atom stereocenters. The lowest BCUT2D eigenvalue weighted by Crippen LogP contribution is -2.04. The second kappa shape index (κ2) is 5.59. The fourth-order valence-electron chi connectivity index (χ4n) is 1.55. The van der Waals surface area contributed by atoms with Crippen molar-refractivity contribution in [1.82, 2.24) is 4.98 Å². The van der Waals surface area contributed by atoms with Gasteiger partial charge in [-0.3, -0.25) is 9.19 Å². The Kier molecular flexibility index (Phi) is 3.88. The highest BCUT2D eigenvalue weighted by Crippen LogP contribution is 2.16. The number of hydrogen-bond acceptors (Lipinski definition) is 3. The standard InChI is InChI=1S/C13H14N2OS/c14-12-5-1-2-6-13(12)17(16)9-7-11-4-3-8-15-10-11/h1-6,8,10H,7,9,14H2. The first-order valence-corrected chi connectivity index (χ1v) is 6.71. The van der Waals surface area contributed by atoms with E-state index >= 15 is 0 Å². The van der Waals surface area contributed by atoms with Gasteiger partial charge in [0.1, 0.15) is 0 Å². The Labute approximate surface area is 103 Å². The molecular weight excluding hydrogens is 232 g/mol. The summed E-state index contributed by atoms with van der Waals surface area (Å²) in [7, 11) is -1.05. The zero-order valence-corrected chi connectivity index (χ0v) is 10.2. The number of benzene rings is 1. The lowest BCUT2D eigenvalue weighted by Gasteiger charge is -2.05. The van der Waals surface area contributed by atoms with Gasteiger partial charge in [-0.25, -0.2) is 0 Å². The molecule has 0 spiro atoms. The van der Waals surface area contributed by atoms with Crippen LogP contribution in [0.2, 0.25) is 0 Å². The molecule has 0 radical (unpaired) electrons. The van der Waals surface area contributed by atoms with E-state index in [1.54, 1.807) is 18.5 Å². The number of nitrogen functional groups attached to an aromatic ring is 1. The normalized spacial score (nSPS) is 12.2. The maximum Gasteiger partial charge on any atom is 0.0617 e. The molecule has 0 aliphatic carbocycles. The second-order valence-electron chi connectivity index (χ2n) is 3.70. The molecular formula is C13H14N2OS. The summed E-state index contributed by atoms with van der Waals surface area (Å²) in [5.41, 5.74) is 7.47. The molecule has 1 aromatic carbocycles. The average Bonchev–Trinajstić information content (AvgIpc) is 2.38. The maximum atomic E-state index is 12.0. The molecule has 0 amide bonds. The van der Waals surface area contributed by atoms with Gasteiger partial charge in [-0.15, -0.1) is 0 Å². The zero-order valence-electron chi connectivity index (χ0n) is 9.37. The molecule has 0 aliphatic rings. The van der Waals surface area contributed by atoms with Crippen LogP contribution in [0.1, 0.15) is 5.56 Å². The monoisotopic (exact) mass is 246 g/mol. The molecule has 88 valence electrons. The summed E-state index contributed by atoms with van der Waals surface area (Å²) in [4.78, 5) is 4.75. The minimum atomic E-state index is -1.05. The maximum absolute atomic E-state index is 12.0. The number of aryl methyl sites for hydroxylation is 1. The smallest absolute Gasteiger partial charge is 0.0617 e. The van der Waals surface area contributed by atoms with E-state index in [0.717, 1.165) is 16.9 Å². The van der Waals surface area contributed by atoms with E-state index in [9.17, 15) is 4.21 Å². The van der Waals surface area contributed by atoms with Gasteiger partial charge in [-0.1, -0.05) is 18.2 Å². The largest absolute Gasteiger partial charge is 0.398 e. The third-order valence-electron chi connectivity index (χ3n) is 2.46. The van der Waals surface area contributed by atoms with Crippen molar-refractivity contribution in [2.24, 2.45) is 0 Å². The third-order valence-corrected chi connectivity index (χ3v) is 3.90. The van der Waals surface area contributed by atoms with Gasteiger partial charge >= 0.3 is 0 Å². The summed E-state index contributed by atoms with van der Waals surface area (Å²) in [5.74, 6) is 0.569. The highest BCUT2D eigenvalue weighted by Gasteiger charge is 2.07. The quantitative estimate of drug-likeness (QED) is 0.840. The topological polar surface area (TPSA) is 56.0 Å². The van der Waals surface area contributed by atoms with Crippen molar-refractivity contribution < 1.29 is 4.21 Å². The Morgan fingerprint density at radius 1 is 1.18 bits per heavy atom.